The molecule has 164 valence electrons. The Hall–Kier alpha value is -3.19. The van der Waals surface area contributed by atoms with Crippen LogP contribution in [0.4, 0.5) is 5.69 Å². The van der Waals surface area contributed by atoms with Crippen LogP contribution in [0.25, 0.3) is 0 Å². The minimum absolute atomic E-state index is 0.0201. The molecule has 2 atom stereocenters. The largest absolute Gasteiger partial charge is 0.481 e. The minimum Gasteiger partial charge on any atom is -0.481 e. The molecule has 2 aromatic carbocycles. The summed E-state index contributed by atoms with van der Waals surface area (Å²) in [6.07, 6.45) is 1.84. The van der Waals surface area contributed by atoms with E-state index in [1.807, 2.05) is 54.6 Å². The fraction of sp³-hybridized carbons (Fsp3) is 0.375. The Kier molecular flexibility index (Phi) is 7.07. The number of para-hydroxylation sites is 1. The normalized spacial score (nSPS) is 19.0. The number of anilines is 1. The molecule has 31 heavy (non-hydrogen) atoms. The predicted octanol–water partition coefficient (Wildman–Crippen LogP) is 2.86. The smallest absolute Gasteiger partial charge is 0.308 e. The van der Waals surface area contributed by atoms with E-state index in [0.717, 1.165) is 16.8 Å². The van der Waals surface area contributed by atoms with E-state index >= 15 is 0 Å². The van der Waals surface area contributed by atoms with Crippen molar-refractivity contribution in [3.05, 3.63) is 65.7 Å². The molecular weight excluding hydrogens is 396 g/mol. The minimum atomic E-state index is -1.57. The second kappa shape index (κ2) is 9.75. The van der Waals surface area contributed by atoms with Crippen LogP contribution in [0, 0.1) is 5.92 Å². The first-order valence-corrected chi connectivity index (χ1v) is 10.5. The van der Waals surface area contributed by atoms with Crippen LogP contribution in [0.5, 0.6) is 0 Å². The van der Waals surface area contributed by atoms with Crippen molar-refractivity contribution < 1.29 is 24.6 Å². The van der Waals surface area contributed by atoms with Crippen molar-refractivity contribution >= 4 is 23.5 Å². The number of amides is 1. The molecule has 1 aliphatic heterocycles. The molecule has 1 aliphatic rings. The van der Waals surface area contributed by atoms with Gasteiger partial charge in [0.15, 0.2) is 0 Å². The number of aryl methyl sites for hydroxylation is 1. The standard InChI is InChI=1S/C24H28N2O5/c25-24(19(22(29)30)14-13-17-8-2-1-3-9-17)16-18-10-4-5-11-20(18)26(23(24)31)15-7-6-12-21(27)28/h1-5,8-11,19H,6-7,12-16,25H2,(H,27,28)(H,29,30). The average Bonchev–Trinajstić information content (AvgIpc) is 2.74. The van der Waals surface area contributed by atoms with E-state index < -0.39 is 29.3 Å². The molecule has 1 heterocycles. The van der Waals surface area contributed by atoms with Gasteiger partial charge >= 0.3 is 11.9 Å². The molecule has 0 bridgehead atoms. The zero-order chi connectivity index (χ0) is 22.4. The summed E-state index contributed by atoms with van der Waals surface area (Å²) >= 11 is 0. The molecule has 2 aromatic rings. The number of hydrogen-bond donors (Lipinski definition) is 3. The van der Waals surface area contributed by atoms with Gasteiger partial charge in [0.2, 0.25) is 5.91 Å². The summed E-state index contributed by atoms with van der Waals surface area (Å²) in [6, 6.07) is 16.9. The number of carbonyl (C=O) groups is 3. The van der Waals surface area contributed by atoms with E-state index in [-0.39, 0.29) is 19.3 Å². The van der Waals surface area contributed by atoms with Crippen molar-refractivity contribution in [2.75, 3.05) is 11.4 Å². The Morgan fingerprint density at radius 2 is 1.71 bits per heavy atom. The third-order valence-electron chi connectivity index (χ3n) is 5.92. The van der Waals surface area contributed by atoms with Crippen LogP contribution in [0.15, 0.2) is 54.6 Å². The maximum absolute atomic E-state index is 13.5. The Balaban J connectivity index is 1.85. The summed E-state index contributed by atoms with van der Waals surface area (Å²) in [6.45, 7) is 0.299. The quantitative estimate of drug-likeness (QED) is 0.504. The van der Waals surface area contributed by atoms with Gasteiger partial charge in [-0.2, -0.15) is 0 Å². The van der Waals surface area contributed by atoms with Crippen molar-refractivity contribution in [3.8, 4) is 0 Å². The van der Waals surface area contributed by atoms with Crippen molar-refractivity contribution in [3.63, 3.8) is 0 Å². The summed E-state index contributed by atoms with van der Waals surface area (Å²) in [5, 5.41) is 18.8. The van der Waals surface area contributed by atoms with Gasteiger partial charge in [0.25, 0.3) is 0 Å². The first-order valence-electron chi connectivity index (χ1n) is 10.5. The molecule has 2 unspecified atom stereocenters. The van der Waals surface area contributed by atoms with E-state index in [1.54, 1.807) is 4.90 Å². The Morgan fingerprint density at radius 1 is 1.03 bits per heavy atom. The van der Waals surface area contributed by atoms with Crippen molar-refractivity contribution in [1.82, 2.24) is 0 Å². The van der Waals surface area contributed by atoms with Gasteiger partial charge in [-0.05, 0) is 42.9 Å². The molecule has 0 spiro atoms. The second-order valence-electron chi connectivity index (χ2n) is 8.07. The lowest BCUT2D eigenvalue weighted by atomic mass is 9.73. The van der Waals surface area contributed by atoms with Crippen molar-refractivity contribution in [1.29, 1.82) is 0 Å². The highest BCUT2D eigenvalue weighted by molar-refractivity contribution is 6.05. The Morgan fingerprint density at radius 3 is 2.39 bits per heavy atom. The lowest BCUT2D eigenvalue weighted by molar-refractivity contribution is -0.148. The lowest BCUT2D eigenvalue weighted by Gasteiger charge is -2.43. The Bertz CT molecular complexity index is 946. The van der Waals surface area contributed by atoms with Gasteiger partial charge in [-0.15, -0.1) is 0 Å². The molecule has 0 aromatic heterocycles. The van der Waals surface area contributed by atoms with E-state index in [2.05, 4.69) is 0 Å². The zero-order valence-corrected chi connectivity index (χ0v) is 17.4. The summed E-state index contributed by atoms with van der Waals surface area (Å²) in [7, 11) is 0. The van der Waals surface area contributed by atoms with E-state index in [1.165, 1.54) is 0 Å². The molecule has 0 fully saturated rings. The number of unbranched alkanes of at least 4 members (excludes halogenated alkanes) is 1. The van der Waals surface area contributed by atoms with Crippen molar-refractivity contribution in [2.45, 2.75) is 44.1 Å². The van der Waals surface area contributed by atoms with E-state index in [4.69, 9.17) is 10.8 Å². The molecule has 0 aliphatic carbocycles. The SMILES string of the molecule is NC1(C(CCc2ccccc2)C(=O)O)Cc2ccccc2N(CCCCC(=O)O)C1=O. The first kappa shape index (κ1) is 22.5. The number of carboxylic acid groups (broad SMARTS) is 2. The fourth-order valence-electron chi connectivity index (χ4n) is 4.27. The molecule has 7 heteroatoms. The monoisotopic (exact) mass is 424 g/mol. The number of fused-ring (bicyclic) bond motifs is 1. The van der Waals surface area contributed by atoms with Crippen LogP contribution in [0.1, 0.15) is 36.8 Å². The van der Waals surface area contributed by atoms with Crippen LogP contribution >= 0.6 is 0 Å². The van der Waals surface area contributed by atoms with Crippen LogP contribution in [0.2, 0.25) is 0 Å². The Labute approximate surface area is 181 Å². The topological polar surface area (TPSA) is 121 Å². The molecule has 4 N–H and O–H groups in total. The van der Waals surface area contributed by atoms with Crippen LogP contribution in [0.3, 0.4) is 0 Å². The van der Waals surface area contributed by atoms with Gasteiger partial charge < -0.3 is 20.8 Å². The fourth-order valence-corrected chi connectivity index (χ4v) is 4.27. The summed E-state index contributed by atoms with van der Waals surface area (Å²) in [5.74, 6) is -3.43. The van der Waals surface area contributed by atoms with Crippen LogP contribution < -0.4 is 10.6 Å². The molecule has 7 nitrogen and oxygen atoms in total. The van der Waals surface area contributed by atoms with Crippen molar-refractivity contribution in [2.24, 2.45) is 11.7 Å². The number of carbonyl (C=O) groups excluding carboxylic acids is 1. The lowest BCUT2D eigenvalue weighted by Crippen LogP contribution is -2.65. The van der Waals surface area contributed by atoms with Gasteiger partial charge in [0.1, 0.15) is 5.54 Å². The highest BCUT2D eigenvalue weighted by Gasteiger charge is 2.51. The second-order valence-corrected chi connectivity index (χ2v) is 8.07. The third-order valence-corrected chi connectivity index (χ3v) is 5.92. The number of nitrogens with zero attached hydrogens (tertiary/aromatic N) is 1. The third kappa shape index (κ3) is 5.11. The van der Waals surface area contributed by atoms with Gasteiger partial charge in [-0.25, -0.2) is 0 Å². The molecule has 0 saturated heterocycles. The van der Waals surface area contributed by atoms with E-state index in [9.17, 15) is 19.5 Å². The average molecular weight is 424 g/mol. The van der Waals surface area contributed by atoms with Gasteiger partial charge in [-0.3, -0.25) is 14.4 Å². The predicted molar refractivity (Wildman–Crippen MR) is 117 cm³/mol. The maximum atomic E-state index is 13.5. The number of hydrogen-bond acceptors (Lipinski definition) is 4. The number of aliphatic carboxylic acids is 2. The number of rotatable bonds is 10. The first-order chi connectivity index (χ1) is 14.8. The van der Waals surface area contributed by atoms with Gasteiger partial charge in [-0.1, -0.05) is 48.5 Å². The molecule has 0 radical (unpaired) electrons. The maximum Gasteiger partial charge on any atom is 0.308 e. The van der Waals surface area contributed by atoms with E-state index in [0.29, 0.717) is 25.8 Å². The summed E-state index contributed by atoms with van der Waals surface area (Å²) in [4.78, 5) is 38.1. The highest BCUT2D eigenvalue weighted by atomic mass is 16.4. The number of nitrogens with two attached hydrogens (primary N) is 1. The number of carboxylic acids is 2. The highest BCUT2D eigenvalue weighted by Crippen LogP contribution is 2.37. The molecule has 0 saturated carbocycles. The summed E-state index contributed by atoms with van der Waals surface area (Å²) < 4.78 is 0. The molecule has 3 rings (SSSR count). The molecular formula is C24H28N2O5. The number of benzene rings is 2. The van der Waals surface area contributed by atoms with Gasteiger partial charge in [0, 0.05) is 25.1 Å². The molecule has 1 amide bonds. The summed E-state index contributed by atoms with van der Waals surface area (Å²) in [5.41, 5.74) is 7.57. The van der Waals surface area contributed by atoms with Crippen LogP contribution in [-0.2, 0) is 27.2 Å². The van der Waals surface area contributed by atoms with Gasteiger partial charge in [0.05, 0.1) is 5.92 Å². The van der Waals surface area contributed by atoms with Crippen LogP contribution in [-0.4, -0.2) is 40.1 Å². The zero-order valence-electron chi connectivity index (χ0n) is 17.4.